The molecule has 3 rings (SSSR count). The summed E-state index contributed by atoms with van der Waals surface area (Å²) in [5.74, 6) is 1.51. The maximum atomic E-state index is 12.8. The maximum absolute atomic E-state index is 12.8. The summed E-state index contributed by atoms with van der Waals surface area (Å²) in [6.07, 6.45) is 5.11. The predicted molar refractivity (Wildman–Crippen MR) is 116 cm³/mol. The molecule has 0 spiro atoms. The molecule has 148 valence electrons. The van der Waals surface area contributed by atoms with Crippen LogP contribution in [0.1, 0.15) is 25.8 Å². The summed E-state index contributed by atoms with van der Waals surface area (Å²) >= 11 is 1.63. The van der Waals surface area contributed by atoms with Crippen molar-refractivity contribution in [3.05, 3.63) is 62.8 Å². The van der Waals surface area contributed by atoms with Crippen LogP contribution >= 0.6 is 11.8 Å². The second-order valence-electron chi connectivity index (χ2n) is 7.23. The zero-order valence-corrected chi connectivity index (χ0v) is 17.6. The Labute approximate surface area is 168 Å². The van der Waals surface area contributed by atoms with Crippen molar-refractivity contribution < 1.29 is 0 Å². The molecule has 0 N–H and O–H groups in total. The average Bonchev–Trinajstić information content (AvgIpc) is 3.04. The summed E-state index contributed by atoms with van der Waals surface area (Å²) in [5.41, 5.74) is 1.33. The fourth-order valence-corrected chi connectivity index (χ4v) is 4.19. The number of aromatic nitrogens is 4. The molecule has 3 aromatic rings. The summed E-state index contributed by atoms with van der Waals surface area (Å²) in [7, 11) is 3.16. The normalized spacial score (nSPS) is 11.9. The van der Waals surface area contributed by atoms with Gasteiger partial charge in [-0.25, -0.2) is 9.78 Å². The van der Waals surface area contributed by atoms with Crippen molar-refractivity contribution in [2.75, 3.05) is 5.75 Å². The number of hydrogen-bond acceptors (Lipinski definition) is 4. The van der Waals surface area contributed by atoms with E-state index in [0.717, 1.165) is 27.5 Å². The summed E-state index contributed by atoms with van der Waals surface area (Å²) in [5, 5.41) is 0.770. The number of allylic oxidation sites excluding steroid dienone is 1. The second-order valence-corrected chi connectivity index (χ2v) is 8.29. The predicted octanol–water partition coefficient (Wildman–Crippen LogP) is 3.29. The van der Waals surface area contributed by atoms with Crippen LogP contribution in [0.15, 0.2) is 51.2 Å². The van der Waals surface area contributed by atoms with E-state index in [0.29, 0.717) is 23.6 Å². The highest BCUT2D eigenvalue weighted by Crippen LogP contribution is 2.23. The van der Waals surface area contributed by atoms with Crippen molar-refractivity contribution in [1.82, 2.24) is 18.7 Å². The Morgan fingerprint density at radius 3 is 2.50 bits per heavy atom. The van der Waals surface area contributed by atoms with Crippen LogP contribution in [0.2, 0.25) is 0 Å². The zero-order chi connectivity index (χ0) is 20.3. The Balaban J connectivity index is 2.04. The molecule has 2 aromatic heterocycles. The van der Waals surface area contributed by atoms with Crippen LogP contribution in [0.5, 0.6) is 0 Å². The van der Waals surface area contributed by atoms with Gasteiger partial charge in [-0.05, 0) is 17.9 Å². The number of fused-ring (bicyclic) bond motifs is 1. The molecule has 0 bridgehead atoms. The van der Waals surface area contributed by atoms with Crippen LogP contribution in [0.25, 0.3) is 17.2 Å². The summed E-state index contributed by atoms with van der Waals surface area (Å²) in [6, 6.07) is 10.0. The van der Waals surface area contributed by atoms with E-state index < -0.39 is 0 Å². The third-order valence-corrected chi connectivity index (χ3v) is 5.65. The molecule has 0 saturated carbocycles. The quantitative estimate of drug-likeness (QED) is 0.573. The molecule has 0 radical (unpaired) electrons. The third kappa shape index (κ3) is 4.14. The number of imidazole rings is 1. The molecular formula is C21H26N4O2S. The van der Waals surface area contributed by atoms with Gasteiger partial charge in [0.2, 0.25) is 0 Å². The van der Waals surface area contributed by atoms with E-state index in [4.69, 9.17) is 0 Å². The van der Waals surface area contributed by atoms with Crippen molar-refractivity contribution >= 4 is 29.0 Å². The van der Waals surface area contributed by atoms with Crippen LogP contribution < -0.4 is 11.2 Å². The molecule has 1 aromatic carbocycles. The van der Waals surface area contributed by atoms with Crippen LogP contribution in [-0.4, -0.2) is 24.4 Å². The lowest BCUT2D eigenvalue weighted by atomic mass is 10.2. The van der Waals surface area contributed by atoms with E-state index in [1.54, 1.807) is 18.8 Å². The van der Waals surface area contributed by atoms with Gasteiger partial charge in [-0.3, -0.25) is 13.9 Å². The molecule has 0 saturated heterocycles. The molecule has 0 amide bonds. The van der Waals surface area contributed by atoms with Crippen molar-refractivity contribution in [1.29, 1.82) is 0 Å². The first-order chi connectivity index (χ1) is 13.4. The molecule has 0 aliphatic heterocycles. The lowest BCUT2D eigenvalue weighted by Gasteiger charge is -2.08. The summed E-state index contributed by atoms with van der Waals surface area (Å²) in [4.78, 5) is 29.7. The Morgan fingerprint density at radius 1 is 1.11 bits per heavy atom. The molecule has 28 heavy (non-hydrogen) atoms. The number of thioether (sulfide) groups is 1. The lowest BCUT2D eigenvalue weighted by Crippen LogP contribution is -2.37. The topological polar surface area (TPSA) is 61.8 Å². The van der Waals surface area contributed by atoms with Crippen molar-refractivity contribution in [2.45, 2.75) is 32.0 Å². The van der Waals surface area contributed by atoms with Crippen LogP contribution in [0, 0.1) is 5.92 Å². The van der Waals surface area contributed by atoms with E-state index >= 15 is 0 Å². The Bertz CT molecular complexity index is 1110. The van der Waals surface area contributed by atoms with Crippen LogP contribution in [0.3, 0.4) is 0 Å². The molecule has 0 unspecified atom stereocenters. The number of nitrogens with zero attached hydrogens (tertiary/aromatic N) is 4. The molecule has 0 fully saturated rings. The van der Waals surface area contributed by atoms with Crippen LogP contribution in [-0.2, 0) is 20.6 Å². The van der Waals surface area contributed by atoms with Gasteiger partial charge >= 0.3 is 5.69 Å². The molecule has 2 heterocycles. The minimum absolute atomic E-state index is 0.311. The molecule has 0 aliphatic rings. The van der Waals surface area contributed by atoms with E-state index in [1.165, 1.54) is 11.6 Å². The van der Waals surface area contributed by atoms with Gasteiger partial charge in [0, 0.05) is 26.4 Å². The van der Waals surface area contributed by atoms with Gasteiger partial charge in [0.15, 0.2) is 16.3 Å². The Hall–Kier alpha value is -2.54. The number of aryl methyl sites for hydroxylation is 1. The highest BCUT2D eigenvalue weighted by Gasteiger charge is 2.18. The van der Waals surface area contributed by atoms with Gasteiger partial charge in [0.1, 0.15) is 0 Å². The molecule has 0 atom stereocenters. The Morgan fingerprint density at radius 2 is 1.82 bits per heavy atom. The van der Waals surface area contributed by atoms with Gasteiger partial charge in [-0.2, -0.15) is 0 Å². The van der Waals surface area contributed by atoms with Crippen molar-refractivity contribution in [3.63, 3.8) is 0 Å². The first-order valence-corrected chi connectivity index (χ1v) is 10.4. The first kappa shape index (κ1) is 20.2. The number of rotatable bonds is 7. The molecule has 0 aliphatic carbocycles. The fourth-order valence-electron chi connectivity index (χ4n) is 2.95. The van der Waals surface area contributed by atoms with E-state index in [-0.39, 0.29) is 11.2 Å². The van der Waals surface area contributed by atoms with Gasteiger partial charge < -0.3 is 4.57 Å². The van der Waals surface area contributed by atoms with Crippen molar-refractivity contribution in [3.8, 4) is 0 Å². The smallest absolute Gasteiger partial charge is 0.309 e. The third-order valence-electron chi connectivity index (χ3n) is 4.64. The van der Waals surface area contributed by atoms with Gasteiger partial charge in [-0.15, -0.1) is 0 Å². The second kappa shape index (κ2) is 8.65. The summed E-state index contributed by atoms with van der Waals surface area (Å²) in [6.45, 7) is 4.89. The lowest BCUT2D eigenvalue weighted by molar-refractivity contribution is 0.630. The standard InChI is InChI=1S/C21H26N4O2S/c1-15(2)12-14-28-20-22-18-17(19(26)24(4)21(27)23(18)3)25(20)13-8-11-16-9-6-5-7-10-16/h5-11,15H,12-14H2,1-4H3/b11-8+. The average molecular weight is 399 g/mol. The minimum Gasteiger partial charge on any atom is -0.309 e. The van der Waals surface area contributed by atoms with Gasteiger partial charge in [0.25, 0.3) is 5.56 Å². The fraction of sp³-hybridized carbons (Fsp3) is 0.381. The Kier molecular flexibility index (Phi) is 6.24. The zero-order valence-electron chi connectivity index (χ0n) is 16.8. The highest BCUT2D eigenvalue weighted by atomic mass is 32.2. The first-order valence-electron chi connectivity index (χ1n) is 9.40. The summed E-state index contributed by atoms with van der Waals surface area (Å²) < 4.78 is 4.51. The SMILES string of the molecule is CC(C)CCSc1nc2c(c(=O)n(C)c(=O)n2C)n1C/C=C/c1ccccc1. The molecule has 6 nitrogen and oxygen atoms in total. The minimum atomic E-state index is -0.360. The van der Waals surface area contributed by atoms with E-state index in [9.17, 15) is 9.59 Å². The van der Waals surface area contributed by atoms with Crippen LogP contribution in [0.4, 0.5) is 0 Å². The monoisotopic (exact) mass is 398 g/mol. The van der Waals surface area contributed by atoms with Gasteiger partial charge in [-0.1, -0.05) is 68.1 Å². The maximum Gasteiger partial charge on any atom is 0.332 e. The number of benzene rings is 1. The highest BCUT2D eigenvalue weighted by molar-refractivity contribution is 7.99. The number of hydrogen-bond donors (Lipinski definition) is 0. The van der Waals surface area contributed by atoms with Gasteiger partial charge in [0.05, 0.1) is 0 Å². The molecular weight excluding hydrogens is 372 g/mol. The van der Waals surface area contributed by atoms with Crippen molar-refractivity contribution in [2.24, 2.45) is 20.0 Å². The van der Waals surface area contributed by atoms with E-state index in [1.807, 2.05) is 47.1 Å². The molecule has 7 heteroatoms. The van der Waals surface area contributed by atoms with E-state index in [2.05, 4.69) is 18.8 Å². The largest absolute Gasteiger partial charge is 0.332 e.